The molecule has 7 N–H and O–H groups in total. The number of rotatable bonds is 9. The van der Waals surface area contributed by atoms with Gasteiger partial charge in [-0.15, -0.1) is 11.3 Å². The fraction of sp³-hybridized carbons (Fsp3) is 0.467. The molecule has 3 aliphatic rings. The van der Waals surface area contributed by atoms with E-state index in [1.807, 2.05) is 6.92 Å². The number of carbonyl (C=O) groups is 1. The molecule has 2 aromatic heterocycles. The highest BCUT2D eigenvalue weighted by Gasteiger charge is 2.47. The molecule has 3 atom stereocenters. The zero-order valence-corrected chi connectivity index (χ0v) is 25.1. The molecular formula is C30H36N8O4S. The smallest absolute Gasteiger partial charge is 0.353 e. The Balaban J connectivity index is 1.53. The Morgan fingerprint density at radius 3 is 2.74 bits per heavy atom. The molecule has 1 fully saturated rings. The first-order valence-electron chi connectivity index (χ1n) is 14.4. The quantitative estimate of drug-likeness (QED) is 0.221. The van der Waals surface area contributed by atoms with Crippen molar-refractivity contribution >= 4 is 39.5 Å². The fourth-order valence-corrected chi connectivity index (χ4v) is 7.84. The summed E-state index contributed by atoms with van der Waals surface area (Å²) in [6.07, 6.45) is 8.31. The van der Waals surface area contributed by atoms with Crippen molar-refractivity contribution in [2.45, 2.75) is 75.9 Å². The lowest BCUT2D eigenvalue weighted by atomic mass is 9.63. The van der Waals surface area contributed by atoms with Crippen molar-refractivity contribution in [2.24, 2.45) is 0 Å². The number of aryl methyl sites for hydroxylation is 1. The van der Waals surface area contributed by atoms with E-state index in [0.717, 1.165) is 48.7 Å². The number of nitrogen functional groups attached to an aromatic ring is 1. The molecule has 43 heavy (non-hydrogen) atoms. The highest BCUT2D eigenvalue weighted by atomic mass is 32.1. The number of aliphatic carboxylic acids is 1. The van der Waals surface area contributed by atoms with E-state index < -0.39 is 17.1 Å². The summed E-state index contributed by atoms with van der Waals surface area (Å²) >= 11 is 1.41. The van der Waals surface area contributed by atoms with Crippen LogP contribution in [0.4, 0.5) is 10.8 Å². The average molecular weight is 605 g/mol. The van der Waals surface area contributed by atoms with Crippen LogP contribution in [-0.4, -0.2) is 68.2 Å². The third kappa shape index (κ3) is 5.72. The molecule has 0 aromatic carbocycles. The van der Waals surface area contributed by atoms with Gasteiger partial charge in [0.25, 0.3) is 0 Å². The van der Waals surface area contributed by atoms with Crippen LogP contribution in [0.5, 0.6) is 5.88 Å². The van der Waals surface area contributed by atoms with E-state index in [9.17, 15) is 15.2 Å². The van der Waals surface area contributed by atoms with Crippen LogP contribution in [-0.2, 0) is 16.6 Å². The van der Waals surface area contributed by atoms with Crippen LogP contribution in [0.25, 0.3) is 0 Å². The number of aliphatic hydroxyl groups excluding tert-OH is 1. The van der Waals surface area contributed by atoms with E-state index in [-0.39, 0.29) is 41.1 Å². The molecule has 3 heterocycles. The summed E-state index contributed by atoms with van der Waals surface area (Å²) in [4.78, 5) is 23.4. The summed E-state index contributed by atoms with van der Waals surface area (Å²) < 4.78 is 6.25. The molecule has 2 aliphatic carbocycles. The van der Waals surface area contributed by atoms with Crippen molar-refractivity contribution in [3.05, 3.63) is 51.5 Å². The molecule has 0 saturated carbocycles. The van der Waals surface area contributed by atoms with Crippen molar-refractivity contribution in [3.63, 3.8) is 0 Å². The molecule has 1 spiro atoms. The van der Waals surface area contributed by atoms with Gasteiger partial charge >= 0.3 is 5.97 Å². The van der Waals surface area contributed by atoms with E-state index in [2.05, 4.69) is 33.3 Å². The predicted octanol–water partition coefficient (Wildman–Crippen LogP) is 4.52. The number of nitrogens with two attached hydrogens (primary N) is 1. The summed E-state index contributed by atoms with van der Waals surface area (Å²) in [5.74, 6) is -0.787. The number of aromatic nitrogens is 2. The molecule has 13 heteroatoms. The summed E-state index contributed by atoms with van der Waals surface area (Å²) in [6.45, 7) is 2.95. The topological polar surface area (TPSA) is 205 Å². The number of nitriles is 1. The number of likely N-dealkylation sites (N-methyl/N-ethyl adjacent to an activating group) is 1. The Kier molecular flexibility index (Phi) is 8.52. The first kappa shape index (κ1) is 30.2. The van der Waals surface area contributed by atoms with Crippen LogP contribution in [0.2, 0.25) is 0 Å². The lowest BCUT2D eigenvalue weighted by molar-refractivity contribution is -0.129. The van der Waals surface area contributed by atoms with Crippen molar-refractivity contribution in [1.82, 2.24) is 14.9 Å². The van der Waals surface area contributed by atoms with Crippen molar-refractivity contribution in [1.29, 1.82) is 16.1 Å². The number of hydrogen-bond donors (Lipinski definition) is 6. The highest BCUT2D eigenvalue weighted by Crippen LogP contribution is 2.54. The van der Waals surface area contributed by atoms with Gasteiger partial charge in [0.05, 0.1) is 11.0 Å². The number of carboxylic acid groups (broad SMARTS) is 1. The predicted molar refractivity (Wildman–Crippen MR) is 164 cm³/mol. The zero-order chi connectivity index (χ0) is 30.9. The van der Waals surface area contributed by atoms with E-state index in [0.29, 0.717) is 41.8 Å². The number of carboxylic acids is 1. The van der Waals surface area contributed by atoms with Gasteiger partial charge in [-0.05, 0) is 83.5 Å². The van der Waals surface area contributed by atoms with Gasteiger partial charge in [0.15, 0.2) is 5.82 Å². The van der Waals surface area contributed by atoms with Crippen molar-refractivity contribution in [2.75, 3.05) is 24.6 Å². The second kappa shape index (κ2) is 12.1. The van der Waals surface area contributed by atoms with Crippen LogP contribution in [0.15, 0.2) is 29.7 Å². The number of nitrogens with one attached hydrogen (secondary N) is 3. The fourth-order valence-electron chi connectivity index (χ4n) is 6.67. The highest BCUT2D eigenvalue weighted by molar-refractivity contribution is 7.16. The molecule has 226 valence electrons. The molecule has 0 unspecified atom stereocenters. The summed E-state index contributed by atoms with van der Waals surface area (Å²) in [5.41, 5.74) is 6.41. The Morgan fingerprint density at radius 1 is 1.33 bits per heavy atom. The van der Waals surface area contributed by atoms with Gasteiger partial charge in [-0.25, -0.2) is 9.78 Å². The molecule has 0 amide bonds. The normalized spacial score (nSPS) is 22.8. The maximum Gasteiger partial charge on any atom is 0.353 e. The van der Waals surface area contributed by atoms with E-state index in [1.165, 1.54) is 17.5 Å². The van der Waals surface area contributed by atoms with Gasteiger partial charge in [0, 0.05) is 28.8 Å². The number of ether oxygens (including phenoxy) is 1. The van der Waals surface area contributed by atoms with Gasteiger partial charge in [0.1, 0.15) is 40.2 Å². The molecule has 0 bridgehead atoms. The van der Waals surface area contributed by atoms with E-state index in [4.69, 9.17) is 26.4 Å². The van der Waals surface area contributed by atoms with E-state index in [1.54, 1.807) is 6.07 Å². The molecule has 2 aromatic rings. The number of allylic oxidation sites excluding steroid dienone is 2. The monoisotopic (exact) mass is 604 g/mol. The molecule has 0 radical (unpaired) electrons. The number of nitrogens with zero attached hydrogens (tertiary/aromatic N) is 4. The molecule has 12 nitrogen and oxygen atoms in total. The van der Waals surface area contributed by atoms with Gasteiger partial charge in [-0.3, -0.25) is 15.7 Å². The SMILES string of the molecule is C[C@H](Oc1cc(N/C=C\C(=N)C(=O)O)nc(C(=N)C2=C(O)[C@@]3(CCC2)CCCc2sc(N)c(C#N)c23)n1)[C@@H]1CCCN1C. The lowest BCUT2D eigenvalue weighted by Crippen LogP contribution is -2.38. The van der Waals surface area contributed by atoms with Crippen LogP contribution in [0.3, 0.4) is 0 Å². The van der Waals surface area contributed by atoms with Gasteiger partial charge in [0.2, 0.25) is 5.88 Å². The van der Waals surface area contributed by atoms with Crippen LogP contribution in [0, 0.1) is 22.1 Å². The Morgan fingerprint density at radius 2 is 2.07 bits per heavy atom. The minimum Gasteiger partial charge on any atom is -0.511 e. The van der Waals surface area contributed by atoms with Crippen LogP contribution in [0.1, 0.15) is 73.7 Å². The van der Waals surface area contributed by atoms with Gasteiger partial charge in [-0.2, -0.15) is 10.2 Å². The first-order chi connectivity index (χ1) is 20.6. The third-order valence-corrected chi connectivity index (χ3v) is 9.82. The maximum atomic E-state index is 11.9. The number of anilines is 2. The second-order valence-electron chi connectivity index (χ2n) is 11.4. The minimum absolute atomic E-state index is 0.0358. The number of hydrogen-bond acceptors (Lipinski definition) is 12. The van der Waals surface area contributed by atoms with Gasteiger partial charge < -0.3 is 26.0 Å². The Hall–Kier alpha value is -4.28. The van der Waals surface area contributed by atoms with Gasteiger partial charge in [-0.1, -0.05) is 0 Å². The average Bonchev–Trinajstić information content (AvgIpc) is 3.56. The lowest BCUT2D eigenvalue weighted by Gasteiger charge is -2.41. The standard InChI is InChI=1S/C30H36N8O4S/c1-16(20-7-5-13-38(20)2)42-23-14-22(35-12-9-19(32)29(40)41)36-28(37-23)25(33)17-6-3-10-30(26(17)39)11-4-8-21-24(30)18(15-31)27(34)43-21/h9,12,14,16,20,32-33,39H,3-8,10-11,13,34H2,1-2H3,(H,40,41)(H,35,36,37)/b12-9-,32-19?,33-25?/t16-,20-,30-/m0/s1. The number of likely N-dealkylation sites (tertiary alicyclic amines) is 1. The third-order valence-electron chi connectivity index (χ3n) is 8.74. The summed E-state index contributed by atoms with van der Waals surface area (Å²) in [5, 5.41) is 50.8. The van der Waals surface area contributed by atoms with Crippen LogP contribution < -0.4 is 15.8 Å². The van der Waals surface area contributed by atoms with Crippen molar-refractivity contribution < 1.29 is 19.7 Å². The minimum atomic E-state index is -1.37. The van der Waals surface area contributed by atoms with E-state index >= 15 is 0 Å². The summed E-state index contributed by atoms with van der Waals surface area (Å²) in [7, 11) is 2.05. The molecule has 1 saturated heterocycles. The summed E-state index contributed by atoms with van der Waals surface area (Å²) in [6, 6.07) is 4.01. The Bertz CT molecular complexity index is 1570. The first-order valence-corrected chi connectivity index (χ1v) is 15.2. The largest absolute Gasteiger partial charge is 0.511 e. The number of thiophene rings is 1. The zero-order valence-electron chi connectivity index (χ0n) is 24.2. The second-order valence-corrected chi connectivity index (χ2v) is 12.5. The molecule has 5 rings (SSSR count). The molecule has 1 aliphatic heterocycles. The van der Waals surface area contributed by atoms with Crippen LogP contribution >= 0.6 is 11.3 Å². The van der Waals surface area contributed by atoms with Crippen molar-refractivity contribution in [3.8, 4) is 11.9 Å². The number of aliphatic hydroxyl groups is 1. The number of fused-ring (bicyclic) bond motifs is 2. The maximum absolute atomic E-state index is 11.9. The molecular weight excluding hydrogens is 568 g/mol. The Labute approximate surface area is 253 Å².